The van der Waals surface area contributed by atoms with Crippen LogP contribution in [0.1, 0.15) is 45.5 Å². The first-order chi connectivity index (χ1) is 8.58. The molecule has 104 valence electrons. The molecule has 0 spiro atoms. The third-order valence-corrected chi connectivity index (χ3v) is 3.30. The molecule has 2 atom stereocenters. The van der Waals surface area contributed by atoms with Crippen molar-refractivity contribution in [3.05, 3.63) is 12.2 Å². The molecule has 1 aromatic heterocycles. The van der Waals surface area contributed by atoms with Gasteiger partial charge in [-0.25, -0.2) is 9.67 Å². The molecule has 0 aliphatic heterocycles. The molecule has 1 rings (SSSR count). The third-order valence-electron chi connectivity index (χ3n) is 3.30. The average molecular weight is 254 g/mol. The number of nitrogens with one attached hydrogen (secondary N) is 1. The molecule has 0 saturated carbocycles. The highest BCUT2D eigenvalue weighted by molar-refractivity contribution is 4.91. The molecule has 1 N–H and O–H groups in total. The van der Waals surface area contributed by atoms with Gasteiger partial charge >= 0.3 is 0 Å². The quantitative estimate of drug-likeness (QED) is 0.768. The van der Waals surface area contributed by atoms with Crippen molar-refractivity contribution in [1.29, 1.82) is 0 Å². The van der Waals surface area contributed by atoms with E-state index in [2.05, 4.69) is 36.2 Å². The Labute approximate surface area is 110 Å². The van der Waals surface area contributed by atoms with Crippen LogP contribution in [0.3, 0.4) is 0 Å². The fourth-order valence-electron chi connectivity index (χ4n) is 1.97. The smallest absolute Gasteiger partial charge is 0.138 e. The summed E-state index contributed by atoms with van der Waals surface area (Å²) in [4.78, 5) is 4.35. The number of rotatable bonds is 8. The highest BCUT2D eigenvalue weighted by atomic mass is 16.5. The van der Waals surface area contributed by atoms with Crippen LogP contribution in [-0.2, 0) is 11.2 Å². The number of methoxy groups -OCH3 is 1. The molecule has 1 aromatic rings. The van der Waals surface area contributed by atoms with E-state index in [9.17, 15) is 0 Å². The normalized spacial score (nSPS) is 15.0. The predicted octanol–water partition coefficient (Wildman–Crippen LogP) is 1.80. The molecule has 0 amide bonds. The zero-order valence-electron chi connectivity index (χ0n) is 12.2. The molecule has 0 aliphatic carbocycles. The van der Waals surface area contributed by atoms with E-state index >= 15 is 0 Å². The van der Waals surface area contributed by atoms with E-state index in [1.165, 1.54) is 0 Å². The standard InChI is InChI=1S/C13H26N4O/c1-10(2)17-13(15-9-16-17)8-12(14-4)7-6-11(3)18-5/h9-12,14H,6-8H2,1-5H3. The van der Waals surface area contributed by atoms with Crippen molar-refractivity contribution < 1.29 is 4.74 Å². The topological polar surface area (TPSA) is 52.0 Å². The maximum Gasteiger partial charge on any atom is 0.138 e. The molecular weight excluding hydrogens is 228 g/mol. The Morgan fingerprint density at radius 1 is 1.33 bits per heavy atom. The maximum atomic E-state index is 5.28. The Bertz CT molecular complexity index is 337. The van der Waals surface area contributed by atoms with E-state index in [0.717, 1.165) is 25.1 Å². The van der Waals surface area contributed by atoms with Gasteiger partial charge in [-0.3, -0.25) is 0 Å². The van der Waals surface area contributed by atoms with Gasteiger partial charge in [-0.2, -0.15) is 5.10 Å². The van der Waals surface area contributed by atoms with Gasteiger partial charge in [0, 0.05) is 25.6 Å². The first kappa shape index (κ1) is 15.1. The lowest BCUT2D eigenvalue weighted by atomic mass is 10.1. The van der Waals surface area contributed by atoms with Crippen LogP contribution in [-0.4, -0.2) is 41.1 Å². The molecule has 0 fully saturated rings. The lowest BCUT2D eigenvalue weighted by Gasteiger charge is -2.19. The van der Waals surface area contributed by atoms with Gasteiger partial charge in [-0.05, 0) is 40.7 Å². The minimum absolute atomic E-state index is 0.309. The second kappa shape index (κ2) is 7.48. The van der Waals surface area contributed by atoms with Crippen molar-refractivity contribution in [1.82, 2.24) is 20.1 Å². The molecule has 0 saturated heterocycles. The zero-order chi connectivity index (χ0) is 13.5. The van der Waals surface area contributed by atoms with Crippen molar-refractivity contribution in [2.75, 3.05) is 14.2 Å². The lowest BCUT2D eigenvalue weighted by molar-refractivity contribution is 0.106. The summed E-state index contributed by atoms with van der Waals surface area (Å²) in [7, 11) is 3.76. The number of hydrogen-bond donors (Lipinski definition) is 1. The summed E-state index contributed by atoms with van der Waals surface area (Å²) in [6.07, 6.45) is 4.99. The molecule has 0 aromatic carbocycles. The van der Waals surface area contributed by atoms with Gasteiger partial charge in [-0.15, -0.1) is 0 Å². The van der Waals surface area contributed by atoms with Crippen LogP contribution in [0.2, 0.25) is 0 Å². The Morgan fingerprint density at radius 2 is 2.06 bits per heavy atom. The summed E-state index contributed by atoms with van der Waals surface area (Å²) >= 11 is 0. The van der Waals surface area contributed by atoms with E-state index < -0.39 is 0 Å². The summed E-state index contributed by atoms with van der Waals surface area (Å²) in [5.74, 6) is 1.05. The summed E-state index contributed by atoms with van der Waals surface area (Å²) in [5, 5.41) is 7.62. The molecule has 5 heteroatoms. The van der Waals surface area contributed by atoms with Crippen LogP contribution in [0, 0.1) is 0 Å². The number of hydrogen-bond acceptors (Lipinski definition) is 4. The van der Waals surface area contributed by atoms with E-state index in [0.29, 0.717) is 18.2 Å². The number of likely N-dealkylation sites (N-methyl/N-ethyl adjacent to an activating group) is 1. The van der Waals surface area contributed by atoms with Gasteiger partial charge in [0.2, 0.25) is 0 Å². The van der Waals surface area contributed by atoms with Crippen LogP contribution in [0.4, 0.5) is 0 Å². The number of nitrogens with zero attached hydrogens (tertiary/aromatic N) is 3. The van der Waals surface area contributed by atoms with Gasteiger partial charge in [0.1, 0.15) is 12.2 Å². The van der Waals surface area contributed by atoms with Gasteiger partial charge in [0.05, 0.1) is 6.10 Å². The number of ether oxygens (including phenoxy) is 1. The summed E-state index contributed by atoms with van der Waals surface area (Å²) in [6.45, 7) is 6.35. The predicted molar refractivity (Wildman–Crippen MR) is 72.7 cm³/mol. The van der Waals surface area contributed by atoms with Crippen LogP contribution < -0.4 is 5.32 Å². The Morgan fingerprint density at radius 3 is 2.61 bits per heavy atom. The molecule has 2 unspecified atom stereocenters. The molecular formula is C13H26N4O. The van der Waals surface area contributed by atoms with Crippen molar-refractivity contribution >= 4 is 0 Å². The van der Waals surface area contributed by atoms with Gasteiger partial charge < -0.3 is 10.1 Å². The first-order valence-corrected chi connectivity index (χ1v) is 6.66. The van der Waals surface area contributed by atoms with Gasteiger partial charge in [0.25, 0.3) is 0 Å². The SMILES string of the molecule is CNC(CCC(C)OC)Cc1ncnn1C(C)C. The van der Waals surface area contributed by atoms with E-state index in [4.69, 9.17) is 4.74 Å². The van der Waals surface area contributed by atoms with E-state index in [-0.39, 0.29) is 0 Å². The second-order valence-electron chi connectivity index (χ2n) is 5.03. The van der Waals surface area contributed by atoms with Gasteiger partial charge in [0.15, 0.2) is 0 Å². The fraction of sp³-hybridized carbons (Fsp3) is 0.846. The molecule has 0 bridgehead atoms. The highest BCUT2D eigenvalue weighted by Gasteiger charge is 2.14. The zero-order valence-corrected chi connectivity index (χ0v) is 12.2. The lowest BCUT2D eigenvalue weighted by Crippen LogP contribution is -2.30. The van der Waals surface area contributed by atoms with Crippen molar-refractivity contribution in [3.8, 4) is 0 Å². The van der Waals surface area contributed by atoms with E-state index in [1.54, 1.807) is 13.4 Å². The first-order valence-electron chi connectivity index (χ1n) is 6.66. The summed E-state index contributed by atoms with van der Waals surface area (Å²) in [6, 6.07) is 0.780. The summed E-state index contributed by atoms with van der Waals surface area (Å²) < 4.78 is 7.27. The minimum atomic E-state index is 0.309. The van der Waals surface area contributed by atoms with Crippen LogP contribution in [0.25, 0.3) is 0 Å². The Hall–Kier alpha value is -0.940. The fourth-order valence-corrected chi connectivity index (χ4v) is 1.97. The largest absolute Gasteiger partial charge is 0.382 e. The monoisotopic (exact) mass is 254 g/mol. The van der Waals surface area contributed by atoms with E-state index in [1.807, 2.05) is 11.7 Å². The Balaban J connectivity index is 2.54. The summed E-state index contributed by atoms with van der Waals surface area (Å²) in [5.41, 5.74) is 0. The maximum absolute atomic E-state index is 5.28. The van der Waals surface area contributed by atoms with Crippen molar-refractivity contribution in [2.45, 2.75) is 58.2 Å². The van der Waals surface area contributed by atoms with Crippen LogP contribution in [0.15, 0.2) is 6.33 Å². The second-order valence-corrected chi connectivity index (χ2v) is 5.03. The molecule has 0 aliphatic rings. The molecule has 1 heterocycles. The molecule has 0 radical (unpaired) electrons. The van der Waals surface area contributed by atoms with Crippen molar-refractivity contribution in [3.63, 3.8) is 0 Å². The van der Waals surface area contributed by atoms with Crippen LogP contribution in [0.5, 0.6) is 0 Å². The third kappa shape index (κ3) is 4.38. The Kier molecular flexibility index (Phi) is 6.29. The molecule has 5 nitrogen and oxygen atoms in total. The van der Waals surface area contributed by atoms with Crippen LogP contribution >= 0.6 is 0 Å². The van der Waals surface area contributed by atoms with Gasteiger partial charge in [-0.1, -0.05) is 0 Å². The highest BCUT2D eigenvalue weighted by Crippen LogP contribution is 2.11. The molecule has 18 heavy (non-hydrogen) atoms. The van der Waals surface area contributed by atoms with Crippen molar-refractivity contribution in [2.24, 2.45) is 0 Å². The number of aromatic nitrogens is 3. The average Bonchev–Trinajstić information content (AvgIpc) is 2.82. The minimum Gasteiger partial charge on any atom is -0.382 e.